The number of hydrogen-bond acceptors (Lipinski definition) is 4. The predicted octanol–water partition coefficient (Wildman–Crippen LogP) is -0.875. The highest BCUT2D eigenvalue weighted by atomic mass is 16.5. The topological polar surface area (TPSA) is 69.9 Å². The van der Waals surface area contributed by atoms with Gasteiger partial charge in [0.1, 0.15) is 6.10 Å². The van der Waals surface area contributed by atoms with Crippen molar-refractivity contribution in [3.63, 3.8) is 0 Å². The first-order valence-electron chi connectivity index (χ1n) is 4.25. The van der Waals surface area contributed by atoms with Gasteiger partial charge in [-0.1, -0.05) is 6.92 Å². The second-order valence-corrected chi connectivity index (χ2v) is 3.33. The average Bonchev–Trinajstić information content (AvgIpc) is 2.30. The molecule has 0 aromatic heterocycles. The summed E-state index contributed by atoms with van der Waals surface area (Å²) in [7, 11) is 0. The van der Waals surface area contributed by atoms with Gasteiger partial charge in [0, 0.05) is 0 Å². The molecule has 1 rings (SSSR count). The minimum atomic E-state index is -0.799. The molecule has 72 valence electrons. The van der Waals surface area contributed by atoms with Crippen LogP contribution in [0, 0.1) is 5.92 Å². The summed E-state index contributed by atoms with van der Waals surface area (Å²) in [4.78, 5) is 0. The van der Waals surface area contributed by atoms with Crippen LogP contribution in [0.1, 0.15) is 13.3 Å². The molecular formula is C8H16O4. The highest BCUT2D eigenvalue weighted by molar-refractivity contribution is 4.89. The molecule has 12 heavy (non-hydrogen) atoms. The molecule has 0 aromatic carbocycles. The van der Waals surface area contributed by atoms with Crippen molar-refractivity contribution in [3.05, 3.63) is 0 Å². The molecule has 4 unspecified atom stereocenters. The van der Waals surface area contributed by atoms with Crippen molar-refractivity contribution in [2.75, 3.05) is 13.2 Å². The Morgan fingerprint density at radius 1 is 1.33 bits per heavy atom. The minimum Gasteiger partial charge on any atom is -0.394 e. The van der Waals surface area contributed by atoms with Gasteiger partial charge in [0.15, 0.2) is 0 Å². The highest BCUT2D eigenvalue weighted by Crippen LogP contribution is 2.28. The Morgan fingerprint density at radius 3 is 2.42 bits per heavy atom. The summed E-state index contributed by atoms with van der Waals surface area (Å²) in [6.45, 7) is 2.05. The van der Waals surface area contributed by atoms with Gasteiger partial charge in [-0.05, 0) is 12.3 Å². The molecule has 0 radical (unpaired) electrons. The van der Waals surface area contributed by atoms with Crippen molar-refractivity contribution >= 4 is 0 Å². The molecule has 0 spiro atoms. The Balaban J connectivity index is 2.36. The van der Waals surface area contributed by atoms with Gasteiger partial charge >= 0.3 is 0 Å². The van der Waals surface area contributed by atoms with Crippen LogP contribution in [0.15, 0.2) is 0 Å². The zero-order valence-corrected chi connectivity index (χ0v) is 7.18. The molecule has 0 heterocycles. The van der Waals surface area contributed by atoms with Gasteiger partial charge in [0.2, 0.25) is 0 Å². The van der Waals surface area contributed by atoms with E-state index in [1.54, 1.807) is 0 Å². The van der Waals surface area contributed by atoms with E-state index in [9.17, 15) is 10.2 Å². The lowest BCUT2D eigenvalue weighted by Crippen LogP contribution is -2.32. The van der Waals surface area contributed by atoms with E-state index < -0.39 is 12.2 Å². The van der Waals surface area contributed by atoms with Gasteiger partial charge in [-0.2, -0.15) is 0 Å². The fourth-order valence-electron chi connectivity index (χ4n) is 1.57. The summed E-state index contributed by atoms with van der Waals surface area (Å²) in [5.41, 5.74) is 0. The molecule has 0 saturated heterocycles. The molecule has 0 bridgehead atoms. The maximum atomic E-state index is 9.40. The van der Waals surface area contributed by atoms with E-state index in [-0.39, 0.29) is 25.2 Å². The molecule has 0 amide bonds. The first-order chi connectivity index (χ1) is 5.66. The Kier molecular flexibility index (Phi) is 3.46. The molecule has 0 aromatic rings. The molecule has 1 aliphatic rings. The van der Waals surface area contributed by atoms with E-state index in [0.717, 1.165) is 0 Å². The number of rotatable bonds is 3. The van der Waals surface area contributed by atoms with E-state index in [4.69, 9.17) is 9.84 Å². The van der Waals surface area contributed by atoms with Crippen molar-refractivity contribution in [1.82, 2.24) is 0 Å². The molecule has 3 N–H and O–H groups in total. The van der Waals surface area contributed by atoms with Gasteiger partial charge in [0.25, 0.3) is 0 Å². The van der Waals surface area contributed by atoms with E-state index in [0.29, 0.717) is 6.42 Å². The summed E-state index contributed by atoms with van der Waals surface area (Å²) in [6, 6.07) is 0. The number of ether oxygens (including phenoxy) is 1. The zero-order chi connectivity index (χ0) is 9.14. The van der Waals surface area contributed by atoms with E-state index >= 15 is 0 Å². The third-order valence-electron chi connectivity index (χ3n) is 2.34. The highest BCUT2D eigenvalue weighted by Gasteiger charge is 2.39. The second kappa shape index (κ2) is 4.18. The largest absolute Gasteiger partial charge is 0.394 e. The maximum absolute atomic E-state index is 9.40. The van der Waals surface area contributed by atoms with Crippen molar-refractivity contribution in [3.8, 4) is 0 Å². The van der Waals surface area contributed by atoms with Gasteiger partial charge < -0.3 is 20.1 Å². The van der Waals surface area contributed by atoms with E-state index in [2.05, 4.69) is 0 Å². The third kappa shape index (κ3) is 1.95. The van der Waals surface area contributed by atoms with Crippen LogP contribution >= 0.6 is 0 Å². The summed E-state index contributed by atoms with van der Waals surface area (Å²) < 4.78 is 5.15. The standard InChI is InChI=1S/C8H16O4/c1-5-4-6(12-3-2-9)8(11)7(5)10/h5-11H,2-4H2,1H3. The Hall–Kier alpha value is -0.160. The lowest BCUT2D eigenvalue weighted by Gasteiger charge is -2.16. The molecular weight excluding hydrogens is 160 g/mol. The first-order valence-corrected chi connectivity index (χ1v) is 4.25. The maximum Gasteiger partial charge on any atom is 0.106 e. The molecule has 1 saturated carbocycles. The number of aliphatic hydroxyl groups excluding tert-OH is 3. The van der Waals surface area contributed by atoms with E-state index in [1.807, 2.05) is 6.92 Å². The fourth-order valence-corrected chi connectivity index (χ4v) is 1.57. The van der Waals surface area contributed by atoms with Crippen LogP contribution in [0.25, 0.3) is 0 Å². The summed E-state index contributed by atoms with van der Waals surface area (Å²) >= 11 is 0. The summed E-state index contributed by atoms with van der Waals surface area (Å²) in [5.74, 6) is 0.0729. The van der Waals surface area contributed by atoms with Crippen LogP contribution in [-0.4, -0.2) is 46.8 Å². The van der Waals surface area contributed by atoms with Crippen LogP contribution in [-0.2, 0) is 4.74 Å². The molecule has 4 atom stereocenters. The van der Waals surface area contributed by atoms with Crippen LogP contribution in [0.3, 0.4) is 0 Å². The van der Waals surface area contributed by atoms with Crippen molar-refractivity contribution in [2.24, 2.45) is 5.92 Å². The molecule has 1 fully saturated rings. The smallest absolute Gasteiger partial charge is 0.106 e. The quantitative estimate of drug-likeness (QED) is 0.522. The average molecular weight is 176 g/mol. The van der Waals surface area contributed by atoms with Crippen LogP contribution in [0.4, 0.5) is 0 Å². The Bertz CT molecular complexity index is 139. The van der Waals surface area contributed by atoms with Gasteiger partial charge in [-0.15, -0.1) is 0 Å². The van der Waals surface area contributed by atoms with Gasteiger partial charge in [-0.25, -0.2) is 0 Å². The monoisotopic (exact) mass is 176 g/mol. The lowest BCUT2D eigenvalue weighted by molar-refractivity contribution is -0.0627. The third-order valence-corrected chi connectivity index (χ3v) is 2.34. The Morgan fingerprint density at radius 2 is 2.00 bits per heavy atom. The fraction of sp³-hybridized carbons (Fsp3) is 1.00. The summed E-state index contributed by atoms with van der Waals surface area (Å²) in [6.07, 6.45) is -1.15. The van der Waals surface area contributed by atoms with Crippen LogP contribution in [0.2, 0.25) is 0 Å². The predicted molar refractivity (Wildman–Crippen MR) is 42.6 cm³/mol. The first kappa shape index (κ1) is 9.92. The number of aliphatic hydroxyl groups is 3. The zero-order valence-electron chi connectivity index (χ0n) is 7.18. The Labute approximate surface area is 71.8 Å². The summed E-state index contributed by atoms with van der Waals surface area (Å²) in [5, 5.41) is 27.2. The van der Waals surface area contributed by atoms with Crippen molar-refractivity contribution in [2.45, 2.75) is 31.7 Å². The minimum absolute atomic E-state index is 0.0479. The van der Waals surface area contributed by atoms with Crippen molar-refractivity contribution in [1.29, 1.82) is 0 Å². The molecule has 1 aliphatic carbocycles. The molecule has 0 aliphatic heterocycles. The lowest BCUT2D eigenvalue weighted by atomic mass is 10.1. The van der Waals surface area contributed by atoms with E-state index in [1.165, 1.54) is 0 Å². The van der Waals surface area contributed by atoms with Crippen LogP contribution < -0.4 is 0 Å². The number of hydrogen-bond donors (Lipinski definition) is 3. The van der Waals surface area contributed by atoms with Crippen LogP contribution in [0.5, 0.6) is 0 Å². The second-order valence-electron chi connectivity index (χ2n) is 3.33. The SMILES string of the molecule is CC1CC(OCCO)C(O)C1O. The van der Waals surface area contributed by atoms with Gasteiger partial charge in [-0.3, -0.25) is 0 Å². The molecule has 4 heteroatoms. The molecule has 4 nitrogen and oxygen atoms in total. The van der Waals surface area contributed by atoms with Gasteiger partial charge in [0.05, 0.1) is 25.4 Å². The normalized spacial score (nSPS) is 42.0. The van der Waals surface area contributed by atoms with Crippen molar-refractivity contribution < 1.29 is 20.1 Å².